The van der Waals surface area contributed by atoms with E-state index in [9.17, 15) is 0 Å². The van der Waals surface area contributed by atoms with Crippen LogP contribution in [0.15, 0.2) is 12.1 Å². The van der Waals surface area contributed by atoms with Gasteiger partial charge in [-0.2, -0.15) is 0 Å². The molecule has 2 heteroatoms. The first-order chi connectivity index (χ1) is 1.73. The summed E-state index contributed by atoms with van der Waals surface area (Å²) in [5.41, 5.74) is 0.667. The Morgan fingerprint density at radius 1 is 2.00 bits per heavy atom. The molecule has 0 heterocycles. The van der Waals surface area contributed by atoms with Crippen LogP contribution in [0, 0.1) is 0 Å². The predicted octanol–water partition coefficient (Wildman–Crippen LogP) is -2.19. The molecule has 0 aliphatic carbocycles. The molecule has 0 amide bonds. The van der Waals surface area contributed by atoms with Crippen LogP contribution in [-0.2, 0) is 0 Å². The van der Waals surface area contributed by atoms with Gasteiger partial charge in [0.15, 0.2) is 0 Å². The second kappa shape index (κ2) is 5.44. The van der Waals surface area contributed by atoms with Crippen molar-refractivity contribution in [3.63, 3.8) is 0 Å². The van der Waals surface area contributed by atoms with E-state index < -0.39 is 0 Å². The number of rotatable bonds is 0. The summed E-state index contributed by atoms with van der Waals surface area (Å²) in [5, 5.41) is 0. The molecule has 0 fully saturated rings. The third kappa shape index (κ3) is 31.0. The van der Waals surface area contributed by atoms with Crippen LogP contribution >= 0.6 is 0 Å². The average Bonchev–Trinajstić information content (AvgIpc) is 0.811. The monoisotopic (exact) mass is 92.0 g/mol. The van der Waals surface area contributed by atoms with Crippen molar-refractivity contribution in [2.75, 3.05) is 0 Å². The molecular formula is C3H6BK. The van der Waals surface area contributed by atoms with Gasteiger partial charge in [0.05, 0.1) is 0 Å². The fourth-order valence-corrected chi connectivity index (χ4v) is 0. The van der Waals surface area contributed by atoms with Gasteiger partial charge in [-0.15, -0.1) is 12.1 Å². The zero-order valence-electron chi connectivity index (χ0n) is 4.78. The molecule has 0 atom stereocenters. The first-order valence-electron chi connectivity index (χ1n) is 1.14. The van der Waals surface area contributed by atoms with E-state index >= 15 is 0 Å². The first kappa shape index (κ1) is 9.67. The van der Waals surface area contributed by atoms with Crippen LogP contribution < -0.4 is 51.4 Å². The SMILES string of the molecule is [B]C(=C)C.[H-].[K+]. The van der Waals surface area contributed by atoms with Gasteiger partial charge in [0.2, 0.25) is 0 Å². The van der Waals surface area contributed by atoms with E-state index in [4.69, 9.17) is 7.85 Å². The van der Waals surface area contributed by atoms with E-state index in [1.165, 1.54) is 0 Å². The summed E-state index contributed by atoms with van der Waals surface area (Å²) in [6, 6.07) is 0. The molecule has 22 valence electrons. The summed E-state index contributed by atoms with van der Waals surface area (Å²) in [6.07, 6.45) is 0. The predicted molar refractivity (Wildman–Crippen MR) is 21.7 cm³/mol. The molecule has 0 aromatic rings. The van der Waals surface area contributed by atoms with Gasteiger partial charge in [0.1, 0.15) is 7.85 Å². The molecule has 0 spiro atoms. The summed E-state index contributed by atoms with van der Waals surface area (Å²) in [7, 11) is 4.92. The van der Waals surface area contributed by atoms with E-state index in [0.29, 0.717) is 5.47 Å². The zero-order chi connectivity index (χ0) is 3.58. The quantitative estimate of drug-likeness (QED) is 0.297. The standard InChI is InChI=1S/C3H5B.K.H/c1-3(2)4;;/h1H2,2H3;;/q;+1;-1. The van der Waals surface area contributed by atoms with E-state index in [1.54, 1.807) is 6.92 Å². The third-order valence-corrected chi connectivity index (χ3v) is 0. The van der Waals surface area contributed by atoms with Crippen molar-refractivity contribution in [2.45, 2.75) is 6.92 Å². The van der Waals surface area contributed by atoms with Gasteiger partial charge in [-0.1, -0.05) is 6.92 Å². The van der Waals surface area contributed by atoms with Crippen molar-refractivity contribution in [3.8, 4) is 0 Å². The van der Waals surface area contributed by atoms with Gasteiger partial charge in [-0.25, -0.2) is 0 Å². The molecule has 0 saturated heterocycles. The molecule has 2 radical (unpaired) electrons. The van der Waals surface area contributed by atoms with E-state index in [0.717, 1.165) is 0 Å². The van der Waals surface area contributed by atoms with Gasteiger partial charge in [-0.05, 0) is 0 Å². The van der Waals surface area contributed by atoms with Crippen molar-refractivity contribution >= 4 is 7.85 Å². The first-order valence-corrected chi connectivity index (χ1v) is 1.14. The van der Waals surface area contributed by atoms with Crippen LogP contribution in [0.4, 0.5) is 0 Å². The van der Waals surface area contributed by atoms with Gasteiger partial charge < -0.3 is 1.43 Å². The molecule has 0 aromatic carbocycles. The maximum atomic E-state index is 4.92. The molecule has 0 N–H and O–H groups in total. The number of hydrogen-bond donors (Lipinski definition) is 0. The molecule has 5 heavy (non-hydrogen) atoms. The van der Waals surface area contributed by atoms with Crippen molar-refractivity contribution < 1.29 is 52.8 Å². The number of allylic oxidation sites excluding steroid dienone is 1. The molecule has 0 aliphatic rings. The molecule has 0 unspecified atom stereocenters. The summed E-state index contributed by atoms with van der Waals surface area (Å²) in [4.78, 5) is 0. The minimum Gasteiger partial charge on any atom is -1.00 e. The Bertz CT molecular complexity index is 33.8. The zero-order valence-corrected chi connectivity index (χ0v) is 6.91. The third-order valence-electron chi connectivity index (χ3n) is 0. The fourth-order valence-electron chi connectivity index (χ4n) is 0. The number of hydrogen-bond acceptors (Lipinski definition) is 0. The molecule has 0 aromatic heterocycles. The Balaban J connectivity index is -0.0000000450. The van der Waals surface area contributed by atoms with Crippen LogP contribution in [0.2, 0.25) is 0 Å². The van der Waals surface area contributed by atoms with Gasteiger partial charge in [0, 0.05) is 0 Å². The van der Waals surface area contributed by atoms with Crippen LogP contribution in [0.25, 0.3) is 0 Å². The van der Waals surface area contributed by atoms with Crippen molar-refractivity contribution in [1.82, 2.24) is 0 Å². The van der Waals surface area contributed by atoms with Crippen LogP contribution in [-0.4, -0.2) is 7.85 Å². The van der Waals surface area contributed by atoms with Gasteiger partial charge >= 0.3 is 51.4 Å². The smallest absolute Gasteiger partial charge is 1.00 e. The minimum atomic E-state index is 0. The molecule has 0 bridgehead atoms. The van der Waals surface area contributed by atoms with Crippen LogP contribution in [0.5, 0.6) is 0 Å². The Hall–Kier alpha value is 1.44. The topological polar surface area (TPSA) is 0 Å². The van der Waals surface area contributed by atoms with Crippen molar-refractivity contribution in [1.29, 1.82) is 0 Å². The van der Waals surface area contributed by atoms with E-state index in [2.05, 4.69) is 6.58 Å². The average molecular weight is 92.0 g/mol. The fraction of sp³-hybridized carbons (Fsp3) is 0.333. The van der Waals surface area contributed by atoms with Crippen LogP contribution in [0.1, 0.15) is 8.35 Å². The molecule has 0 aliphatic heterocycles. The normalized spacial score (nSPS) is 5.00. The summed E-state index contributed by atoms with van der Waals surface area (Å²) in [6.45, 7) is 5.08. The largest absolute Gasteiger partial charge is 1.00 e. The molecule has 0 nitrogen and oxygen atoms in total. The maximum Gasteiger partial charge on any atom is 1.00 e. The van der Waals surface area contributed by atoms with Crippen LogP contribution in [0.3, 0.4) is 0 Å². The molecular weight excluding hydrogens is 85.9 g/mol. The summed E-state index contributed by atoms with van der Waals surface area (Å²) in [5.74, 6) is 0. The minimum absolute atomic E-state index is 0. The van der Waals surface area contributed by atoms with Gasteiger partial charge in [-0.3, -0.25) is 0 Å². The van der Waals surface area contributed by atoms with Gasteiger partial charge in [0.25, 0.3) is 0 Å². The van der Waals surface area contributed by atoms with E-state index in [-0.39, 0.29) is 52.8 Å². The van der Waals surface area contributed by atoms with Crippen molar-refractivity contribution in [2.24, 2.45) is 0 Å². The molecule has 0 rings (SSSR count). The summed E-state index contributed by atoms with van der Waals surface area (Å²) >= 11 is 0. The Kier molecular flexibility index (Phi) is 10.5. The second-order valence-electron chi connectivity index (χ2n) is 0.846. The van der Waals surface area contributed by atoms with E-state index in [1.807, 2.05) is 0 Å². The summed E-state index contributed by atoms with van der Waals surface area (Å²) < 4.78 is 0. The maximum absolute atomic E-state index is 4.92. The Labute approximate surface area is 78.3 Å². The molecule has 0 saturated carbocycles. The second-order valence-corrected chi connectivity index (χ2v) is 0.846. The Morgan fingerprint density at radius 2 is 2.00 bits per heavy atom. The Morgan fingerprint density at radius 3 is 2.00 bits per heavy atom. The van der Waals surface area contributed by atoms with Crippen molar-refractivity contribution in [3.05, 3.63) is 12.1 Å².